The molecule has 2 N–H and O–H groups in total. The number of likely N-dealkylation sites (tertiary alicyclic amines) is 1. The second kappa shape index (κ2) is 11.9. The highest BCUT2D eigenvalue weighted by Gasteiger charge is 2.32. The van der Waals surface area contributed by atoms with Crippen molar-refractivity contribution in [1.82, 2.24) is 15.5 Å². The van der Waals surface area contributed by atoms with Gasteiger partial charge in [-0.2, -0.15) is 0 Å². The number of nitrogens with one attached hydrogen (secondary N) is 2. The molecule has 0 spiro atoms. The van der Waals surface area contributed by atoms with Gasteiger partial charge in [0, 0.05) is 65.8 Å². The minimum atomic E-state index is -0.206. The maximum atomic E-state index is 11.6. The molecule has 146 valence electrons. The summed E-state index contributed by atoms with van der Waals surface area (Å²) in [5.41, 5.74) is -0.206. The Morgan fingerprint density at radius 1 is 1.36 bits per heavy atom. The number of hydrogen-bond acceptors (Lipinski definition) is 4. The second-order valence-corrected chi connectivity index (χ2v) is 6.46. The van der Waals surface area contributed by atoms with Gasteiger partial charge in [0.2, 0.25) is 5.91 Å². The molecular weight excluding hydrogens is 435 g/mol. The Bertz CT molecular complexity index is 428. The zero-order chi connectivity index (χ0) is 17.3. The molecule has 0 atom stereocenters. The Balaban J connectivity index is 0.00000312. The molecule has 2 fully saturated rings. The average molecular weight is 468 g/mol. The van der Waals surface area contributed by atoms with Gasteiger partial charge in [-0.15, -0.1) is 24.0 Å². The fourth-order valence-corrected chi connectivity index (χ4v) is 3.15. The minimum Gasteiger partial charge on any atom is -0.381 e. The Labute approximate surface area is 168 Å². The van der Waals surface area contributed by atoms with Crippen molar-refractivity contribution in [2.75, 3.05) is 53.0 Å². The van der Waals surface area contributed by atoms with Crippen LogP contribution in [-0.2, 0) is 14.3 Å². The maximum absolute atomic E-state index is 11.6. The standard InChI is InChI=1S/C17H32N4O3.HI/c1-3-18-16(19-9-5-11-21-10-4-6-15(21)22)20-14-17(23-2)7-12-24-13-8-17;/h3-14H2,1-2H3,(H2,18,19,20);1H. The Morgan fingerprint density at radius 3 is 2.72 bits per heavy atom. The Hall–Kier alpha value is -0.610. The fraction of sp³-hybridized carbons (Fsp3) is 0.882. The number of halogens is 1. The van der Waals surface area contributed by atoms with Crippen molar-refractivity contribution in [2.24, 2.45) is 4.99 Å². The van der Waals surface area contributed by atoms with Crippen molar-refractivity contribution in [2.45, 2.75) is 44.6 Å². The van der Waals surface area contributed by atoms with Gasteiger partial charge in [0.15, 0.2) is 5.96 Å². The summed E-state index contributed by atoms with van der Waals surface area (Å²) < 4.78 is 11.2. The number of rotatable bonds is 8. The van der Waals surface area contributed by atoms with Crippen LogP contribution in [0.25, 0.3) is 0 Å². The lowest BCUT2D eigenvalue weighted by Gasteiger charge is -2.34. The molecule has 2 rings (SSSR count). The predicted octanol–water partition coefficient (Wildman–Crippen LogP) is 1.37. The van der Waals surface area contributed by atoms with Crippen molar-refractivity contribution in [3.05, 3.63) is 0 Å². The molecule has 0 aromatic rings. The number of aliphatic imine (C=N–C) groups is 1. The van der Waals surface area contributed by atoms with E-state index in [1.54, 1.807) is 7.11 Å². The monoisotopic (exact) mass is 468 g/mol. The smallest absolute Gasteiger partial charge is 0.222 e. The molecule has 0 aliphatic carbocycles. The number of hydrogen-bond donors (Lipinski definition) is 2. The first kappa shape index (κ1) is 22.4. The fourth-order valence-electron chi connectivity index (χ4n) is 3.15. The van der Waals surface area contributed by atoms with Gasteiger partial charge in [0.25, 0.3) is 0 Å². The zero-order valence-corrected chi connectivity index (χ0v) is 17.8. The Kier molecular flexibility index (Phi) is 10.7. The quantitative estimate of drug-likeness (QED) is 0.244. The molecule has 0 bridgehead atoms. The van der Waals surface area contributed by atoms with Gasteiger partial charge in [0.1, 0.15) is 0 Å². The van der Waals surface area contributed by atoms with Crippen molar-refractivity contribution >= 4 is 35.8 Å². The molecule has 8 heteroatoms. The van der Waals surface area contributed by atoms with Crippen molar-refractivity contribution in [1.29, 1.82) is 0 Å². The summed E-state index contributed by atoms with van der Waals surface area (Å²) in [6, 6.07) is 0. The van der Waals surface area contributed by atoms with Crippen LogP contribution in [0.1, 0.15) is 39.0 Å². The van der Waals surface area contributed by atoms with Crippen LogP contribution in [0.2, 0.25) is 0 Å². The number of amides is 1. The summed E-state index contributed by atoms with van der Waals surface area (Å²) in [6.07, 6.45) is 4.39. The summed E-state index contributed by atoms with van der Waals surface area (Å²) in [7, 11) is 1.76. The molecule has 2 aliphatic rings. The van der Waals surface area contributed by atoms with E-state index in [1.165, 1.54) is 0 Å². The molecule has 0 saturated carbocycles. The van der Waals surface area contributed by atoms with E-state index in [0.717, 1.165) is 71.0 Å². The molecule has 2 heterocycles. The SMILES string of the molecule is CCNC(=NCC1(OC)CCOCC1)NCCCN1CCCC1=O.I. The molecule has 0 unspecified atom stereocenters. The number of guanidine groups is 1. The molecule has 0 radical (unpaired) electrons. The molecule has 1 amide bonds. The van der Waals surface area contributed by atoms with Crippen LogP contribution in [0.4, 0.5) is 0 Å². The average Bonchev–Trinajstić information content (AvgIpc) is 3.02. The first-order valence-corrected chi connectivity index (χ1v) is 9.12. The number of nitrogens with zero attached hydrogens (tertiary/aromatic N) is 2. The molecule has 2 aliphatic heterocycles. The van der Waals surface area contributed by atoms with E-state index >= 15 is 0 Å². The molecule has 7 nitrogen and oxygen atoms in total. The van der Waals surface area contributed by atoms with E-state index in [9.17, 15) is 4.79 Å². The van der Waals surface area contributed by atoms with Crippen LogP contribution in [0.3, 0.4) is 0 Å². The second-order valence-electron chi connectivity index (χ2n) is 6.46. The first-order valence-electron chi connectivity index (χ1n) is 9.12. The highest BCUT2D eigenvalue weighted by atomic mass is 127. The summed E-state index contributed by atoms with van der Waals surface area (Å²) in [5, 5.41) is 6.63. The van der Waals surface area contributed by atoms with Crippen LogP contribution in [0.15, 0.2) is 4.99 Å². The van der Waals surface area contributed by atoms with Crippen LogP contribution in [0.5, 0.6) is 0 Å². The van der Waals surface area contributed by atoms with Crippen LogP contribution in [-0.4, -0.2) is 75.4 Å². The lowest BCUT2D eigenvalue weighted by Crippen LogP contribution is -2.44. The normalized spacial score (nSPS) is 20.3. The number of methoxy groups -OCH3 is 1. The van der Waals surface area contributed by atoms with E-state index in [4.69, 9.17) is 14.5 Å². The van der Waals surface area contributed by atoms with Gasteiger partial charge in [-0.1, -0.05) is 0 Å². The third-order valence-electron chi connectivity index (χ3n) is 4.78. The predicted molar refractivity (Wildman–Crippen MR) is 110 cm³/mol. The lowest BCUT2D eigenvalue weighted by atomic mass is 9.94. The van der Waals surface area contributed by atoms with E-state index in [0.29, 0.717) is 13.0 Å². The van der Waals surface area contributed by atoms with Crippen LogP contribution < -0.4 is 10.6 Å². The lowest BCUT2D eigenvalue weighted by molar-refractivity contribution is -0.127. The Morgan fingerprint density at radius 2 is 2.12 bits per heavy atom. The number of ether oxygens (including phenoxy) is 2. The molecule has 2 saturated heterocycles. The van der Waals surface area contributed by atoms with Gasteiger partial charge >= 0.3 is 0 Å². The molecular formula is C17H33IN4O3. The van der Waals surface area contributed by atoms with Gasteiger partial charge in [-0.05, 0) is 19.8 Å². The molecule has 25 heavy (non-hydrogen) atoms. The summed E-state index contributed by atoms with van der Waals surface area (Å²) in [6.45, 7) is 7.51. The van der Waals surface area contributed by atoms with Crippen molar-refractivity contribution in [3.8, 4) is 0 Å². The third-order valence-corrected chi connectivity index (χ3v) is 4.78. The van der Waals surface area contributed by atoms with E-state index in [-0.39, 0.29) is 35.5 Å². The van der Waals surface area contributed by atoms with Crippen molar-refractivity contribution < 1.29 is 14.3 Å². The summed E-state index contributed by atoms with van der Waals surface area (Å²) in [4.78, 5) is 18.2. The summed E-state index contributed by atoms with van der Waals surface area (Å²) >= 11 is 0. The zero-order valence-electron chi connectivity index (χ0n) is 15.5. The first-order chi connectivity index (χ1) is 11.7. The highest BCUT2D eigenvalue weighted by Crippen LogP contribution is 2.24. The van der Waals surface area contributed by atoms with E-state index < -0.39 is 0 Å². The van der Waals surface area contributed by atoms with Crippen LogP contribution >= 0.6 is 24.0 Å². The van der Waals surface area contributed by atoms with Gasteiger partial charge in [-0.25, -0.2) is 0 Å². The minimum absolute atomic E-state index is 0. The topological polar surface area (TPSA) is 75.2 Å². The van der Waals surface area contributed by atoms with Crippen molar-refractivity contribution in [3.63, 3.8) is 0 Å². The van der Waals surface area contributed by atoms with Gasteiger partial charge in [0.05, 0.1) is 12.1 Å². The third kappa shape index (κ3) is 7.26. The van der Waals surface area contributed by atoms with Crippen LogP contribution in [0, 0.1) is 0 Å². The van der Waals surface area contributed by atoms with E-state index in [2.05, 4.69) is 17.6 Å². The summed E-state index contributed by atoms with van der Waals surface area (Å²) in [5.74, 6) is 1.10. The molecule has 0 aromatic heterocycles. The van der Waals surface area contributed by atoms with Gasteiger partial charge < -0.3 is 25.0 Å². The van der Waals surface area contributed by atoms with Gasteiger partial charge in [-0.3, -0.25) is 9.79 Å². The molecule has 0 aromatic carbocycles. The largest absolute Gasteiger partial charge is 0.381 e. The van der Waals surface area contributed by atoms with E-state index in [1.807, 2.05) is 4.90 Å². The number of carbonyl (C=O) groups is 1. The highest BCUT2D eigenvalue weighted by molar-refractivity contribution is 14.0. The maximum Gasteiger partial charge on any atom is 0.222 e. The number of carbonyl (C=O) groups excluding carboxylic acids is 1.